The third-order valence-corrected chi connectivity index (χ3v) is 41.0. The number of nitrogens with one attached hydrogen (secondary N) is 1. The molecule has 26 heavy (non-hydrogen) atoms. The van der Waals surface area contributed by atoms with Gasteiger partial charge in [-0.3, -0.25) is 0 Å². The molecule has 0 bridgehead atoms. The van der Waals surface area contributed by atoms with Gasteiger partial charge in [-0.1, -0.05) is 0 Å². The van der Waals surface area contributed by atoms with E-state index in [0.29, 0.717) is 0 Å². The SMILES string of the molecule is Cl.Cl.[CH3][Zr]([CH3])([CH3])([CH3])([CH3])([CH3])([CH3])([CH3])(=[SiH2])([C]1=CC=CC1)[c]1cc2ccccc2[nH]1. The standard InChI is InChI=1S/C8H6N.C5H5.8CH3.2ClH.H2Si.Zr/c1-2-4-8-7(3-1)5-6-9-8;1-2-4-5-3-1;;;;;;;;;;;;/h1-5,9H;1-3H,4H2;8*1H3;2*1H;1H2;. The summed E-state index contributed by atoms with van der Waals surface area (Å²) in [5, 5.41) is 1.27. The molecule has 1 aromatic carbocycles. The summed E-state index contributed by atoms with van der Waals surface area (Å²) >= 11 is 0. The second-order valence-corrected chi connectivity index (χ2v) is 170. The molecule has 1 aliphatic carbocycles. The molecule has 5 heteroatoms. The van der Waals surface area contributed by atoms with Gasteiger partial charge in [-0.2, -0.15) is 0 Å². The van der Waals surface area contributed by atoms with Gasteiger partial charge >= 0.3 is 130 Å². The van der Waals surface area contributed by atoms with E-state index >= 15 is 0 Å². The quantitative estimate of drug-likeness (QED) is 0.420. The third kappa shape index (κ3) is 2.89. The number of H-pyrrole nitrogens is 1. The molecule has 0 unspecified atom stereocenters. The maximum absolute atomic E-state index is 6.24. The van der Waals surface area contributed by atoms with Crippen molar-refractivity contribution in [1.82, 2.24) is 4.98 Å². The van der Waals surface area contributed by atoms with Gasteiger partial charge in [0, 0.05) is 0 Å². The number of allylic oxidation sites excluding steroid dienone is 4. The van der Waals surface area contributed by atoms with Crippen LogP contribution in [0.2, 0.25) is 37.1 Å². The molecular formula is C21H39Cl2NSiZr. The van der Waals surface area contributed by atoms with E-state index in [-0.39, 0.29) is 24.8 Å². The Hall–Kier alpha value is -0.0800. The van der Waals surface area contributed by atoms with E-state index in [2.05, 4.69) is 97.5 Å². The summed E-state index contributed by atoms with van der Waals surface area (Å²) in [6, 6.07) is 11.0. The summed E-state index contributed by atoms with van der Waals surface area (Å²) in [5.41, 5.74) is 1.20. The van der Waals surface area contributed by atoms with Crippen LogP contribution in [0.25, 0.3) is 10.9 Å². The molecule has 0 atom stereocenters. The average Bonchev–Trinajstić information content (AvgIpc) is 2.96. The van der Waals surface area contributed by atoms with Crippen LogP contribution in [0.15, 0.2) is 51.8 Å². The average molecular weight is 496 g/mol. The minimum atomic E-state index is -6.24. The van der Waals surface area contributed by atoms with Crippen molar-refractivity contribution in [2.75, 3.05) is 0 Å². The third-order valence-electron chi connectivity index (χ3n) is 7.74. The summed E-state index contributed by atoms with van der Waals surface area (Å²) in [6.45, 7) is 2.24. The van der Waals surface area contributed by atoms with Gasteiger partial charge in [-0.25, -0.2) is 0 Å². The Morgan fingerprint density at radius 2 is 1.42 bits per heavy atom. The van der Waals surface area contributed by atoms with E-state index in [9.17, 15) is 0 Å². The van der Waals surface area contributed by atoms with Gasteiger partial charge in [0.25, 0.3) is 0 Å². The van der Waals surface area contributed by atoms with Crippen molar-refractivity contribution in [3.63, 3.8) is 0 Å². The molecule has 0 spiro atoms. The van der Waals surface area contributed by atoms with Gasteiger partial charge in [0.2, 0.25) is 0 Å². The Kier molecular flexibility index (Phi) is 2.22. The van der Waals surface area contributed by atoms with Crippen LogP contribution in [-0.2, 0) is 8.49 Å². The first-order valence-electron chi connectivity index (χ1n) is 9.48. The zero-order valence-corrected chi connectivity index (χ0v) is 23.4. The van der Waals surface area contributed by atoms with Crippen LogP contribution in [0.4, 0.5) is 0 Å². The van der Waals surface area contributed by atoms with E-state index in [0.717, 1.165) is 6.42 Å². The number of aromatic amines is 1. The molecule has 0 fully saturated rings. The van der Waals surface area contributed by atoms with Crippen LogP contribution in [0.1, 0.15) is 6.42 Å². The fourth-order valence-corrected chi connectivity index (χ4v) is 23.9. The van der Waals surface area contributed by atoms with E-state index in [4.69, 9.17) is 0 Å². The Bertz CT molecular complexity index is 1290. The zero-order chi connectivity index (χ0) is 18.7. The molecule has 0 amide bonds. The van der Waals surface area contributed by atoms with E-state index < -0.39 is 8.49 Å². The number of aromatic nitrogens is 1. The second kappa shape index (κ2) is 2.41. The van der Waals surface area contributed by atoms with Gasteiger partial charge in [-0.15, -0.1) is 24.8 Å². The monoisotopic (exact) mass is 493 g/mol. The van der Waals surface area contributed by atoms with Gasteiger partial charge in [-0.05, 0) is 0 Å². The minimum absolute atomic E-state index is 0. The number of hydrogen-bond donors (Lipinski definition) is 1. The molecule has 1 nitrogen and oxygen atoms in total. The Labute approximate surface area is 153 Å². The van der Waals surface area contributed by atoms with Crippen molar-refractivity contribution in [2.45, 2.75) is 43.5 Å². The Balaban J connectivity index is 0.00000169. The molecule has 2 aromatic rings. The van der Waals surface area contributed by atoms with Crippen molar-refractivity contribution in [3.8, 4) is 0 Å². The summed E-state index contributed by atoms with van der Waals surface area (Å²) < 4.78 is 23.4. The van der Waals surface area contributed by atoms with Gasteiger partial charge in [0.05, 0.1) is 0 Å². The number of benzene rings is 1. The molecule has 1 aromatic heterocycles. The second-order valence-electron chi connectivity index (χ2n) is 24.9. The topological polar surface area (TPSA) is 15.8 Å². The van der Waals surface area contributed by atoms with Crippen molar-refractivity contribution in [1.29, 1.82) is 0 Å². The first-order valence-corrected chi connectivity index (χ1v) is 37.5. The summed E-state index contributed by atoms with van der Waals surface area (Å²) in [6.07, 6.45) is 7.87. The van der Waals surface area contributed by atoms with Gasteiger partial charge in [0.1, 0.15) is 0 Å². The van der Waals surface area contributed by atoms with E-state index in [1.54, 1.807) is 0 Å². The van der Waals surface area contributed by atoms with Gasteiger partial charge < -0.3 is 0 Å². The van der Waals surface area contributed by atoms with Crippen molar-refractivity contribution < 1.29 is 8.49 Å². The van der Waals surface area contributed by atoms with Crippen LogP contribution in [-0.4, -0.2) is 11.9 Å². The van der Waals surface area contributed by atoms with Crippen LogP contribution in [0.5, 0.6) is 0 Å². The summed E-state index contributed by atoms with van der Waals surface area (Å²) in [5.74, 6) is 0. The molecule has 1 aliphatic rings. The molecule has 0 radical (unpaired) electrons. The van der Waals surface area contributed by atoms with Crippen LogP contribution in [0, 0.1) is 0 Å². The molecular weight excluding hydrogens is 456 g/mol. The Morgan fingerprint density at radius 1 is 0.885 bits per heavy atom. The predicted molar refractivity (Wildman–Crippen MR) is 130 cm³/mol. The van der Waals surface area contributed by atoms with Crippen molar-refractivity contribution >= 4 is 46.0 Å². The molecule has 1 N–H and O–H groups in total. The molecule has 3 rings (SSSR count). The maximum atomic E-state index is 3.89. The summed E-state index contributed by atoms with van der Waals surface area (Å²) in [7, 11) is -6.24. The van der Waals surface area contributed by atoms with Gasteiger partial charge in [0.15, 0.2) is 0 Å². The van der Waals surface area contributed by atoms with Crippen LogP contribution < -0.4 is 3.40 Å². The van der Waals surface area contributed by atoms with Crippen molar-refractivity contribution in [2.24, 2.45) is 0 Å². The van der Waals surface area contributed by atoms with Crippen molar-refractivity contribution in [3.05, 3.63) is 51.8 Å². The molecule has 0 saturated heterocycles. The number of hydrogen-bond acceptors (Lipinski definition) is 0. The normalized spacial score (nSPS) is 27.7. The fraction of sp³-hybridized carbons (Fsp3) is 0.429. The zero-order valence-electron chi connectivity index (χ0n) is 17.8. The van der Waals surface area contributed by atoms with Crippen LogP contribution in [0.3, 0.4) is 0 Å². The molecule has 0 saturated carbocycles. The molecule has 0 aliphatic heterocycles. The first-order chi connectivity index (χ1) is 9.66. The fourth-order valence-electron chi connectivity index (χ4n) is 4.64. The number of para-hydroxylation sites is 1. The summed E-state index contributed by atoms with van der Waals surface area (Å²) in [4.78, 5) is 3.89. The number of rotatable bonds is 2. The molecule has 1 heterocycles. The van der Waals surface area contributed by atoms with E-state index in [1.807, 2.05) is 0 Å². The number of fused-ring (bicyclic) bond motifs is 1. The molecule has 150 valence electrons. The van der Waals surface area contributed by atoms with Crippen LogP contribution >= 0.6 is 24.8 Å². The number of halogens is 2. The predicted octanol–water partition coefficient (Wildman–Crippen LogP) is 7.32. The van der Waals surface area contributed by atoms with E-state index in [1.165, 1.54) is 17.6 Å². The Morgan fingerprint density at radius 3 is 1.88 bits per heavy atom. The first kappa shape index (κ1) is 24.0.